The molecule has 0 aliphatic carbocycles. The van der Waals surface area contributed by atoms with Crippen molar-refractivity contribution in [1.29, 1.82) is 0 Å². The Labute approximate surface area is 120 Å². The van der Waals surface area contributed by atoms with E-state index in [2.05, 4.69) is 0 Å². The number of aliphatic hydroxyl groups is 1. The molecule has 0 aliphatic rings. The second-order valence-corrected chi connectivity index (χ2v) is 4.53. The monoisotopic (exact) mass is 307 g/mol. The third-order valence-corrected chi connectivity index (χ3v) is 2.97. The summed E-state index contributed by atoms with van der Waals surface area (Å²) in [5, 5.41) is 8.92. The highest BCUT2D eigenvalue weighted by Gasteiger charge is 2.36. The number of rotatable bonds is 6. The summed E-state index contributed by atoms with van der Waals surface area (Å²) in [4.78, 5) is 13.3. The zero-order valence-electron chi connectivity index (χ0n) is 11.6. The molecule has 0 aromatic heterocycles. The summed E-state index contributed by atoms with van der Waals surface area (Å²) in [5.74, 6) is -2.42. The number of unbranched alkanes of at least 4 members (excludes halogenated alkanes) is 1. The number of amides is 1. The molecule has 0 bridgehead atoms. The van der Waals surface area contributed by atoms with Gasteiger partial charge in [-0.25, -0.2) is 4.39 Å². The lowest BCUT2D eigenvalue weighted by Gasteiger charge is -2.22. The minimum atomic E-state index is -4.86. The Morgan fingerprint density at radius 3 is 2.48 bits per heavy atom. The minimum Gasteiger partial charge on any atom is -0.395 e. The summed E-state index contributed by atoms with van der Waals surface area (Å²) in [6, 6.07) is 2.61. The molecule has 0 saturated carbocycles. The number of benzene rings is 1. The molecule has 0 atom stereocenters. The molecule has 1 rings (SSSR count). The van der Waals surface area contributed by atoms with Gasteiger partial charge in [-0.15, -0.1) is 0 Å². The Morgan fingerprint density at radius 1 is 1.29 bits per heavy atom. The fraction of sp³-hybridized carbons (Fsp3) is 0.500. The van der Waals surface area contributed by atoms with Crippen LogP contribution in [-0.2, 0) is 6.18 Å². The van der Waals surface area contributed by atoms with E-state index in [1.165, 1.54) is 0 Å². The van der Waals surface area contributed by atoms with Crippen LogP contribution in [0.4, 0.5) is 17.6 Å². The van der Waals surface area contributed by atoms with Gasteiger partial charge in [-0.1, -0.05) is 19.4 Å². The van der Waals surface area contributed by atoms with E-state index in [4.69, 9.17) is 5.11 Å². The highest BCUT2D eigenvalue weighted by molar-refractivity contribution is 5.94. The van der Waals surface area contributed by atoms with Gasteiger partial charge in [0.05, 0.1) is 17.7 Å². The molecule has 21 heavy (non-hydrogen) atoms. The third-order valence-electron chi connectivity index (χ3n) is 2.97. The van der Waals surface area contributed by atoms with Gasteiger partial charge >= 0.3 is 6.18 Å². The molecule has 0 fully saturated rings. The van der Waals surface area contributed by atoms with E-state index in [0.717, 1.165) is 23.5 Å². The molecule has 0 spiro atoms. The van der Waals surface area contributed by atoms with Gasteiger partial charge in [0.1, 0.15) is 5.82 Å². The van der Waals surface area contributed by atoms with Crippen LogP contribution in [-0.4, -0.2) is 35.6 Å². The van der Waals surface area contributed by atoms with Gasteiger partial charge in [-0.3, -0.25) is 4.79 Å². The van der Waals surface area contributed by atoms with Crippen LogP contribution in [0.5, 0.6) is 0 Å². The number of alkyl halides is 3. The Morgan fingerprint density at radius 2 is 1.95 bits per heavy atom. The smallest absolute Gasteiger partial charge is 0.395 e. The Kier molecular flexibility index (Phi) is 6.14. The van der Waals surface area contributed by atoms with E-state index in [1.54, 1.807) is 0 Å². The van der Waals surface area contributed by atoms with Gasteiger partial charge in [-0.05, 0) is 18.6 Å². The van der Waals surface area contributed by atoms with E-state index in [0.29, 0.717) is 12.5 Å². The first kappa shape index (κ1) is 17.4. The van der Waals surface area contributed by atoms with Crippen LogP contribution >= 0.6 is 0 Å². The largest absolute Gasteiger partial charge is 0.419 e. The van der Waals surface area contributed by atoms with Gasteiger partial charge in [0.15, 0.2) is 0 Å². The number of halogens is 4. The highest BCUT2D eigenvalue weighted by atomic mass is 19.4. The van der Waals surface area contributed by atoms with Crippen LogP contribution < -0.4 is 0 Å². The van der Waals surface area contributed by atoms with Gasteiger partial charge in [0.25, 0.3) is 5.91 Å². The molecule has 0 unspecified atom stereocenters. The predicted molar refractivity (Wildman–Crippen MR) is 69.3 cm³/mol. The summed E-state index contributed by atoms with van der Waals surface area (Å²) in [5.41, 5.74) is -2.10. The van der Waals surface area contributed by atoms with Crippen LogP contribution in [0.2, 0.25) is 0 Å². The molecule has 3 nitrogen and oxygen atoms in total. The fourth-order valence-corrected chi connectivity index (χ4v) is 1.87. The second kappa shape index (κ2) is 7.40. The first-order valence-corrected chi connectivity index (χ1v) is 6.58. The van der Waals surface area contributed by atoms with E-state index < -0.39 is 29.0 Å². The molecule has 1 N–H and O–H groups in total. The summed E-state index contributed by atoms with van der Waals surface area (Å²) in [6.07, 6.45) is -3.47. The van der Waals surface area contributed by atoms with Crippen molar-refractivity contribution in [2.75, 3.05) is 19.7 Å². The summed E-state index contributed by atoms with van der Waals surface area (Å²) in [7, 11) is 0. The summed E-state index contributed by atoms with van der Waals surface area (Å²) >= 11 is 0. The minimum absolute atomic E-state index is 0.0471. The molecule has 1 amide bonds. The number of aliphatic hydroxyl groups excluding tert-OH is 1. The number of nitrogens with zero attached hydrogens (tertiary/aromatic N) is 1. The second-order valence-electron chi connectivity index (χ2n) is 4.53. The molecule has 7 heteroatoms. The topological polar surface area (TPSA) is 40.5 Å². The normalized spacial score (nSPS) is 11.5. The maximum absolute atomic E-state index is 13.9. The lowest BCUT2D eigenvalue weighted by molar-refractivity contribution is -0.140. The van der Waals surface area contributed by atoms with Crippen molar-refractivity contribution < 1.29 is 27.5 Å². The maximum Gasteiger partial charge on any atom is 0.419 e. The first-order valence-electron chi connectivity index (χ1n) is 6.58. The molecule has 0 aliphatic heterocycles. The average molecular weight is 307 g/mol. The highest BCUT2D eigenvalue weighted by Crippen LogP contribution is 2.32. The summed E-state index contributed by atoms with van der Waals surface area (Å²) < 4.78 is 51.8. The SMILES string of the molecule is CCCCN(CCO)C(=O)c1cccc(C(F)(F)F)c1F. The quantitative estimate of drug-likeness (QED) is 0.821. The Balaban J connectivity index is 3.10. The van der Waals surface area contributed by atoms with E-state index in [1.807, 2.05) is 6.92 Å². The van der Waals surface area contributed by atoms with Crippen LogP contribution in [0.25, 0.3) is 0 Å². The average Bonchev–Trinajstić information content (AvgIpc) is 2.41. The molecular formula is C14H17F4NO2. The molecule has 0 saturated heterocycles. The zero-order chi connectivity index (χ0) is 16.0. The predicted octanol–water partition coefficient (Wildman–Crippen LogP) is 3.08. The first-order chi connectivity index (χ1) is 9.82. The molecule has 0 heterocycles. The standard InChI is InChI=1S/C14H17F4NO2/c1-2-3-7-19(8-9-20)13(21)10-5-4-6-11(12(10)15)14(16,17)18/h4-6,20H,2-3,7-9H2,1H3. The number of carbonyl (C=O) groups is 1. The lowest BCUT2D eigenvalue weighted by atomic mass is 10.1. The fourth-order valence-electron chi connectivity index (χ4n) is 1.87. The van der Waals surface area contributed by atoms with Crippen molar-refractivity contribution in [2.45, 2.75) is 25.9 Å². The van der Waals surface area contributed by atoms with Crippen molar-refractivity contribution in [2.24, 2.45) is 0 Å². The Hall–Kier alpha value is -1.63. The van der Waals surface area contributed by atoms with Crippen LogP contribution in [0.1, 0.15) is 35.7 Å². The third kappa shape index (κ3) is 4.42. The number of carbonyl (C=O) groups excluding carboxylic acids is 1. The zero-order valence-corrected chi connectivity index (χ0v) is 11.6. The number of hydrogen-bond acceptors (Lipinski definition) is 2. The van der Waals surface area contributed by atoms with Crippen molar-refractivity contribution in [3.63, 3.8) is 0 Å². The Bertz CT molecular complexity index is 488. The van der Waals surface area contributed by atoms with Gasteiger partial charge < -0.3 is 10.0 Å². The molecule has 0 radical (unpaired) electrons. The van der Waals surface area contributed by atoms with Crippen LogP contribution in [0.3, 0.4) is 0 Å². The molecular weight excluding hydrogens is 290 g/mol. The van der Waals surface area contributed by atoms with Gasteiger partial charge in [0.2, 0.25) is 0 Å². The molecule has 1 aromatic rings. The van der Waals surface area contributed by atoms with Crippen molar-refractivity contribution in [3.05, 3.63) is 35.1 Å². The molecule has 118 valence electrons. The summed E-state index contributed by atoms with van der Waals surface area (Å²) in [6.45, 7) is 1.75. The maximum atomic E-state index is 13.9. The lowest BCUT2D eigenvalue weighted by Crippen LogP contribution is -2.35. The molecule has 1 aromatic carbocycles. The van der Waals surface area contributed by atoms with E-state index in [-0.39, 0.29) is 19.7 Å². The number of hydrogen-bond donors (Lipinski definition) is 1. The van der Waals surface area contributed by atoms with Gasteiger partial charge in [0, 0.05) is 13.1 Å². The van der Waals surface area contributed by atoms with Crippen molar-refractivity contribution in [1.82, 2.24) is 4.90 Å². The van der Waals surface area contributed by atoms with Crippen molar-refractivity contribution in [3.8, 4) is 0 Å². The van der Waals surface area contributed by atoms with E-state index in [9.17, 15) is 22.4 Å². The van der Waals surface area contributed by atoms with Crippen LogP contribution in [0, 0.1) is 5.82 Å². The van der Waals surface area contributed by atoms with E-state index >= 15 is 0 Å². The van der Waals surface area contributed by atoms with Crippen LogP contribution in [0.15, 0.2) is 18.2 Å². The van der Waals surface area contributed by atoms with Crippen molar-refractivity contribution >= 4 is 5.91 Å². The van der Waals surface area contributed by atoms with Gasteiger partial charge in [-0.2, -0.15) is 13.2 Å².